The Morgan fingerprint density at radius 3 is 2.37 bits per heavy atom. The molecule has 0 aliphatic rings. The van der Waals surface area contributed by atoms with E-state index in [1.54, 1.807) is 36.4 Å². The standard InChI is InChI=1S/C18H10ClF3N4O/c19-14-12-7-8-13(18(20,21)22)24-16(12)26(11-5-2-1-3-6-11)17(27)15(14)25-10-4-9-23-25/h1-10H. The predicted octanol–water partition coefficient (Wildman–Crippen LogP) is 4.24. The molecule has 1 aromatic carbocycles. The van der Waals surface area contributed by atoms with Gasteiger partial charge in [0.1, 0.15) is 17.0 Å². The molecular formula is C18H10ClF3N4O. The lowest BCUT2D eigenvalue weighted by Crippen LogP contribution is -2.25. The Labute approximate surface area is 155 Å². The van der Waals surface area contributed by atoms with E-state index in [-0.39, 0.29) is 21.7 Å². The number of alkyl halides is 3. The van der Waals surface area contributed by atoms with Gasteiger partial charge in [0.15, 0.2) is 0 Å². The molecule has 0 saturated carbocycles. The SMILES string of the molecule is O=c1c(-n2cccn2)c(Cl)c2ccc(C(F)(F)F)nc2n1-c1ccccc1. The molecule has 0 unspecified atom stereocenters. The molecule has 27 heavy (non-hydrogen) atoms. The van der Waals surface area contributed by atoms with Crippen LogP contribution in [0, 0.1) is 0 Å². The van der Waals surface area contributed by atoms with Crippen LogP contribution in [-0.4, -0.2) is 19.3 Å². The average molecular weight is 391 g/mol. The fourth-order valence-corrected chi connectivity index (χ4v) is 3.10. The van der Waals surface area contributed by atoms with Gasteiger partial charge in [-0.1, -0.05) is 29.8 Å². The van der Waals surface area contributed by atoms with Crippen molar-refractivity contribution in [3.63, 3.8) is 0 Å². The second-order valence-electron chi connectivity index (χ2n) is 5.65. The Morgan fingerprint density at radius 2 is 1.74 bits per heavy atom. The summed E-state index contributed by atoms with van der Waals surface area (Å²) in [5.74, 6) is 0. The fraction of sp³-hybridized carbons (Fsp3) is 0.0556. The number of aromatic nitrogens is 4. The van der Waals surface area contributed by atoms with Crippen LogP contribution < -0.4 is 5.56 Å². The third-order valence-electron chi connectivity index (χ3n) is 3.98. The van der Waals surface area contributed by atoms with E-state index in [9.17, 15) is 18.0 Å². The molecule has 9 heteroatoms. The van der Waals surface area contributed by atoms with E-state index < -0.39 is 17.4 Å². The van der Waals surface area contributed by atoms with Crippen LogP contribution in [0.15, 0.2) is 65.7 Å². The Kier molecular flexibility index (Phi) is 4.00. The van der Waals surface area contributed by atoms with E-state index in [0.717, 1.165) is 10.6 Å². The molecule has 3 heterocycles. The molecule has 0 radical (unpaired) electrons. The monoisotopic (exact) mass is 390 g/mol. The van der Waals surface area contributed by atoms with Crippen molar-refractivity contribution in [2.24, 2.45) is 0 Å². The summed E-state index contributed by atoms with van der Waals surface area (Å²) in [6.45, 7) is 0. The van der Waals surface area contributed by atoms with Crippen LogP contribution in [0.2, 0.25) is 5.02 Å². The predicted molar refractivity (Wildman–Crippen MR) is 94.5 cm³/mol. The summed E-state index contributed by atoms with van der Waals surface area (Å²) in [5, 5.41) is 4.21. The van der Waals surface area contributed by atoms with Gasteiger partial charge in [-0.2, -0.15) is 18.3 Å². The number of rotatable bonds is 2. The average Bonchev–Trinajstić information content (AvgIpc) is 3.16. The molecule has 0 bridgehead atoms. The molecule has 136 valence electrons. The van der Waals surface area contributed by atoms with Crippen molar-refractivity contribution in [3.8, 4) is 11.4 Å². The van der Waals surface area contributed by atoms with Crippen LogP contribution in [0.25, 0.3) is 22.4 Å². The molecule has 3 aromatic heterocycles. The van der Waals surface area contributed by atoms with Crippen molar-refractivity contribution in [3.05, 3.63) is 82.0 Å². The molecule has 0 N–H and O–H groups in total. The minimum Gasteiger partial charge on any atom is -0.266 e. The second-order valence-corrected chi connectivity index (χ2v) is 6.03. The summed E-state index contributed by atoms with van der Waals surface area (Å²) in [5.41, 5.74) is -1.53. The number of pyridine rings is 2. The smallest absolute Gasteiger partial charge is 0.266 e. The fourth-order valence-electron chi connectivity index (χ4n) is 2.79. The zero-order valence-corrected chi connectivity index (χ0v) is 14.2. The molecule has 5 nitrogen and oxygen atoms in total. The molecule has 0 fully saturated rings. The number of nitrogens with zero attached hydrogens (tertiary/aromatic N) is 4. The van der Waals surface area contributed by atoms with E-state index >= 15 is 0 Å². The highest BCUT2D eigenvalue weighted by Gasteiger charge is 2.33. The topological polar surface area (TPSA) is 52.7 Å². The first-order valence-electron chi connectivity index (χ1n) is 7.76. The Bertz CT molecular complexity index is 1190. The number of hydrogen-bond donors (Lipinski definition) is 0. The van der Waals surface area contributed by atoms with E-state index in [1.807, 2.05) is 0 Å². The molecular weight excluding hydrogens is 381 g/mol. The minimum absolute atomic E-state index is 0.0212. The van der Waals surface area contributed by atoms with Crippen molar-refractivity contribution in [2.45, 2.75) is 6.18 Å². The van der Waals surface area contributed by atoms with Crippen molar-refractivity contribution >= 4 is 22.6 Å². The number of benzene rings is 1. The number of fused-ring (bicyclic) bond motifs is 1. The first kappa shape index (κ1) is 17.3. The maximum atomic E-state index is 13.2. The van der Waals surface area contributed by atoms with Crippen LogP contribution in [0.4, 0.5) is 13.2 Å². The summed E-state index contributed by atoms with van der Waals surface area (Å²) >= 11 is 6.37. The highest BCUT2D eigenvalue weighted by atomic mass is 35.5. The molecule has 4 rings (SSSR count). The second kappa shape index (κ2) is 6.24. The van der Waals surface area contributed by atoms with Crippen molar-refractivity contribution in [1.29, 1.82) is 0 Å². The highest BCUT2D eigenvalue weighted by molar-refractivity contribution is 6.37. The molecule has 0 saturated heterocycles. The van der Waals surface area contributed by atoms with Gasteiger partial charge in [0.05, 0.1) is 10.7 Å². The maximum Gasteiger partial charge on any atom is 0.433 e. The van der Waals surface area contributed by atoms with Gasteiger partial charge in [-0.15, -0.1) is 0 Å². The van der Waals surface area contributed by atoms with Crippen LogP contribution in [0.3, 0.4) is 0 Å². The summed E-state index contributed by atoms with van der Waals surface area (Å²) < 4.78 is 41.9. The lowest BCUT2D eigenvalue weighted by Gasteiger charge is -2.16. The van der Waals surface area contributed by atoms with Gasteiger partial charge < -0.3 is 0 Å². The highest BCUT2D eigenvalue weighted by Crippen LogP contribution is 2.32. The molecule has 0 aliphatic heterocycles. The van der Waals surface area contributed by atoms with Crippen LogP contribution in [0.1, 0.15) is 5.69 Å². The Balaban J connectivity index is 2.17. The minimum atomic E-state index is -4.65. The number of halogens is 4. The van der Waals surface area contributed by atoms with Crippen molar-refractivity contribution in [1.82, 2.24) is 19.3 Å². The third kappa shape index (κ3) is 2.87. The van der Waals surface area contributed by atoms with E-state index in [1.165, 1.54) is 23.1 Å². The molecule has 0 amide bonds. The summed E-state index contributed by atoms with van der Waals surface area (Å²) in [6, 6.07) is 11.9. The van der Waals surface area contributed by atoms with Gasteiger partial charge in [-0.25, -0.2) is 9.67 Å². The van der Waals surface area contributed by atoms with Gasteiger partial charge in [0, 0.05) is 17.8 Å². The van der Waals surface area contributed by atoms with Gasteiger partial charge in [-0.3, -0.25) is 9.36 Å². The zero-order chi connectivity index (χ0) is 19.2. The third-order valence-corrected chi connectivity index (χ3v) is 4.36. The quantitative estimate of drug-likeness (QED) is 0.514. The zero-order valence-electron chi connectivity index (χ0n) is 13.5. The lowest BCUT2D eigenvalue weighted by atomic mass is 10.2. The van der Waals surface area contributed by atoms with E-state index in [2.05, 4.69) is 10.1 Å². The largest absolute Gasteiger partial charge is 0.433 e. The molecule has 0 spiro atoms. The van der Waals surface area contributed by atoms with Crippen LogP contribution >= 0.6 is 11.6 Å². The van der Waals surface area contributed by atoms with Crippen molar-refractivity contribution in [2.75, 3.05) is 0 Å². The van der Waals surface area contributed by atoms with Gasteiger partial charge in [-0.05, 0) is 30.3 Å². The first-order valence-corrected chi connectivity index (χ1v) is 8.13. The summed E-state index contributed by atoms with van der Waals surface area (Å²) in [6.07, 6.45) is -1.65. The van der Waals surface area contributed by atoms with E-state index in [0.29, 0.717) is 5.69 Å². The van der Waals surface area contributed by atoms with Gasteiger partial charge >= 0.3 is 6.18 Å². The Morgan fingerprint density at radius 1 is 1.00 bits per heavy atom. The van der Waals surface area contributed by atoms with Crippen LogP contribution in [-0.2, 0) is 6.18 Å². The lowest BCUT2D eigenvalue weighted by molar-refractivity contribution is -0.141. The van der Waals surface area contributed by atoms with Crippen LogP contribution in [0.5, 0.6) is 0 Å². The van der Waals surface area contributed by atoms with Gasteiger partial charge in [0.25, 0.3) is 5.56 Å². The summed E-state index contributed by atoms with van der Waals surface area (Å²) in [7, 11) is 0. The maximum absolute atomic E-state index is 13.2. The molecule has 4 aromatic rings. The first-order chi connectivity index (χ1) is 12.9. The number of para-hydroxylation sites is 1. The van der Waals surface area contributed by atoms with E-state index in [4.69, 9.17) is 11.6 Å². The van der Waals surface area contributed by atoms with Gasteiger partial charge in [0.2, 0.25) is 0 Å². The van der Waals surface area contributed by atoms with Crippen molar-refractivity contribution < 1.29 is 13.2 Å². The Hall–Kier alpha value is -3.13. The number of hydrogen-bond acceptors (Lipinski definition) is 3. The summed E-state index contributed by atoms with van der Waals surface area (Å²) in [4.78, 5) is 16.9. The normalized spacial score (nSPS) is 11.9. The molecule has 0 aliphatic carbocycles. The molecule has 0 atom stereocenters.